The molecule has 2 aromatic carbocycles. The summed E-state index contributed by atoms with van der Waals surface area (Å²) in [7, 11) is -3.90. The highest BCUT2D eigenvalue weighted by molar-refractivity contribution is 7.89. The van der Waals surface area contributed by atoms with Gasteiger partial charge in [0.15, 0.2) is 5.78 Å². The molecule has 31 heavy (non-hydrogen) atoms. The first-order chi connectivity index (χ1) is 14.4. The molecule has 0 N–H and O–H groups in total. The minimum atomic E-state index is -4.72. The summed E-state index contributed by atoms with van der Waals surface area (Å²) in [6.07, 6.45) is -4.72. The number of alkyl halides is 3. The Morgan fingerprint density at radius 3 is 2.26 bits per heavy atom. The van der Waals surface area contributed by atoms with Gasteiger partial charge in [0.2, 0.25) is 10.0 Å². The van der Waals surface area contributed by atoms with Crippen molar-refractivity contribution in [1.29, 1.82) is 0 Å². The van der Waals surface area contributed by atoms with Crippen LogP contribution in [0.4, 0.5) is 24.5 Å². The summed E-state index contributed by atoms with van der Waals surface area (Å²) in [5.74, 6) is -0.281. The molecule has 0 aromatic heterocycles. The Morgan fingerprint density at radius 2 is 1.71 bits per heavy atom. The summed E-state index contributed by atoms with van der Waals surface area (Å²) in [4.78, 5) is 23.4. The number of halogens is 3. The SMILES string of the molecule is CC(=O)c1cccc(S(=O)(=O)N2CCN(c3ccc(C(F)(F)F)cc3[N+](=O)[O-])CC2)c1. The Hall–Kier alpha value is -2.99. The third-order valence-electron chi connectivity index (χ3n) is 4.96. The molecule has 0 spiro atoms. The van der Waals surface area contributed by atoms with E-state index in [2.05, 4.69) is 0 Å². The molecule has 1 saturated heterocycles. The van der Waals surface area contributed by atoms with Crippen LogP contribution in [-0.2, 0) is 16.2 Å². The van der Waals surface area contributed by atoms with Crippen molar-refractivity contribution < 1.29 is 31.3 Å². The zero-order valence-corrected chi connectivity index (χ0v) is 17.1. The summed E-state index contributed by atoms with van der Waals surface area (Å²) in [5.41, 5.74) is -1.58. The van der Waals surface area contributed by atoms with Crippen molar-refractivity contribution in [1.82, 2.24) is 4.31 Å². The number of rotatable bonds is 5. The number of piperazine rings is 1. The number of anilines is 1. The first-order valence-electron chi connectivity index (χ1n) is 9.13. The van der Waals surface area contributed by atoms with Crippen molar-refractivity contribution in [2.75, 3.05) is 31.1 Å². The number of carbonyl (C=O) groups excluding carboxylic acids is 1. The second-order valence-electron chi connectivity index (χ2n) is 6.93. The minimum absolute atomic E-state index is 0.00590. The van der Waals surface area contributed by atoms with Crippen LogP contribution in [-0.4, -0.2) is 49.6 Å². The molecule has 2 aromatic rings. The van der Waals surface area contributed by atoms with Gasteiger partial charge < -0.3 is 4.90 Å². The molecular weight excluding hydrogens is 439 g/mol. The van der Waals surface area contributed by atoms with E-state index in [9.17, 15) is 36.5 Å². The van der Waals surface area contributed by atoms with E-state index < -0.39 is 32.4 Å². The smallest absolute Gasteiger partial charge is 0.363 e. The molecule has 12 heteroatoms. The van der Waals surface area contributed by atoms with Gasteiger partial charge in [-0.2, -0.15) is 17.5 Å². The van der Waals surface area contributed by atoms with Gasteiger partial charge in [-0.25, -0.2) is 8.42 Å². The van der Waals surface area contributed by atoms with E-state index in [0.29, 0.717) is 6.07 Å². The summed E-state index contributed by atoms with van der Waals surface area (Å²) in [6.45, 7) is 1.38. The second kappa shape index (κ2) is 8.27. The number of hydrogen-bond donors (Lipinski definition) is 0. The first-order valence-corrected chi connectivity index (χ1v) is 10.6. The van der Waals surface area contributed by atoms with Crippen LogP contribution in [0.3, 0.4) is 0 Å². The molecule has 0 atom stereocenters. The van der Waals surface area contributed by atoms with Crippen LogP contribution in [0.25, 0.3) is 0 Å². The van der Waals surface area contributed by atoms with Gasteiger partial charge in [-0.05, 0) is 31.2 Å². The van der Waals surface area contributed by atoms with Crippen molar-refractivity contribution in [2.45, 2.75) is 18.0 Å². The van der Waals surface area contributed by atoms with Gasteiger partial charge in [0.05, 0.1) is 15.4 Å². The van der Waals surface area contributed by atoms with Gasteiger partial charge in [-0.3, -0.25) is 14.9 Å². The van der Waals surface area contributed by atoms with Crippen molar-refractivity contribution in [3.8, 4) is 0 Å². The molecule has 166 valence electrons. The lowest BCUT2D eigenvalue weighted by Gasteiger charge is -2.35. The van der Waals surface area contributed by atoms with E-state index in [1.807, 2.05) is 0 Å². The van der Waals surface area contributed by atoms with E-state index >= 15 is 0 Å². The fourth-order valence-corrected chi connectivity index (χ4v) is 4.78. The zero-order chi connectivity index (χ0) is 23.0. The minimum Gasteiger partial charge on any atom is -0.363 e. The number of hydrogen-bond acceptors (Lipinski definition) is 6. The molecular formula is C19H18F3N3O5S. The average Bonchev–Trinajstić information content (AvgIpc) is 2.72. The van der Waals surface area contributed by atoms with Gasteiger partial charge in [0.1, 0.15) is 5.69 Å². The number of sulfonamides is 1. The lowest BCUT2D eigenvalue weighted by molar-refractivity contribution is -0.384. The number of ketones is 1. The molecule has 0 amide bonds. The number of nitrogens with zero attached hydrogens (tertiary/aromatic N) is 3. The van der Waals surface area contributed by atoms with Crippen molar-refractivity contribution in [2.24, 2.45) is 0 Å². The second-order valence-corrected chi connectivity index (χ2v) is 8.87. The maximum Gasteiger partial charge on any atom is 0.416 e. The molecule has 0 radical (unpaired) electrons. The number of benzene rings is 2. The average molecular weight is 457 g/mol. The Labute approximate surface area is 176 Å². The van der Waals surface area contributed by atoms with Gasteiger partial charge in [-0.1, -0.05) is 12.1 Å². The normalized spacial score (nSPS) is 15.7. The lowest BCUT2D eigenvalue weighted by atomic mass is 10.1. The Bertz CT molecular complexity index is 1130. The third-order valence-corrected chi connectivity index (χ3v) is 6.85. The van der Waals surface area contributed by atoms with Crippen molar-refractivity contribution >= 4 is 27.2 Å². The molecule has 0 bridgehead atoms. The van der Waals surface area contributed by atoms with Crippen LogP contribution in [0.5, 0.6) is 0 Å². The number of carbonyl (C=O) groups is 1. The third kappa shape index (κ3) is 4.69. The number of nitro groups is 1. The molecule has 1 heterocycles. The fourth-order valence-electron chi connectivity index (χ4n) is 3.31. The molecule has 0 unspecified atom stereocenters. The van der Waals surface area contributed by atoms with Gasteiger partial charge in [0, 0.05) is 37.8 Å². The molecule has 3 rings (SSSR count). The fraction of sp³-hybridized carbons (Fsp3) is 0.316. The first kappa shape index (κ1) is 22.7. The van der Waals surface area contributed by atoms with Crippen LogP contribution in [0.1, 0.15) is 22.8 Å². The van der Waals surface area contributed by atoms with Gasteiger partial charge in [-0.15, -0.1) is 0 Å². The quantitative estimate of drug-likeness (QED) is 0.388. The predicted molar refractivity (Wildman–Crippen MR) is 106 cm³/mol. The number of Topliss-reactive ketones (excluding diaryl/α,β-unsaturated/α-hetero) is 1. The zero-order valence-electron chi connectivity index (χ0n) is 16.3. The maximum atomic E-state index is 12.9. The van der Waals surface area contributed by atoms with Gasteiger partial charge in [0.25, 0.3) is 5.69 Å². The van der Waals surface area contributed by atoms with E-state index in [1.165, 1.54) is 40.4 Å². The molecule has 1 aliphatic heterocycles. The molecule has 0 aliphatic carbocycles. The van der Waals surface area contributed by atoms with Gasteiger partial charge >= 0.3 is 6.18 Å². The largest absolute Gasteiger partial charge is 0.416 e. The summed E-state index contributed by atoms with van der Waals surface area (Å²) in [5, 5.41) is 11.3. The number of nitro benzene ring substituents is 1. The highest BCUT2D eigenvalue weighted by atomic mass is 32.2. The summed E-state index contributed by atoms with van der Waals surface area (Å²) >= 11 is 0. The van der Waals surface area contributed by atoms with E-state index in [1.54, 1.807) is 0 Å². The van der Waals surface area contributed by atoms with Crippen LogP contribution in [0, 0.1) is 10.1 Å². The van der Waals surface area contributed by atoms with E-state index in [0.717, 1.165) is 12.1 Å². The molecule has 8 nitrogen and oxygen atoms in total. The Balaban J connectivity index is 1.82. The van der Waals surface area contributed by atoms with E-state index in [4.69, 9.17) is 0 Å². The highest BCUT2D eigenvalue weighted by Crippen LogP contribution is 2.37. The maximum absolute atomic E-state index is 12.9. The van der Waals surface area contributed by atoms with Crippen molar-refractivity contribution in [3.63, 3.8) is 0 Å². The Kier molecular flexibility index (Phi) is 6.05. The van der Waals surface area contributed by atoms with Crippen LogP contribution in [0.15, 0.2) is 47.4 Å². The van der Waals surface area contributed by atoms with E-state index in [-0.39, 0.29) is 48.1 Å². The summed E-state index contributed by atoms with van der Waals surface area (Å²) < 4.78 is 65.7. The van der Waals surface area contributed by atoms with Crippen LogP contribution in [0.2, 0.25) is 0 Å². The summed E-state index contributed by atoms with van der Waals surface area (Å²) in [6, 6.07) is 7.89. The monoisotopic (exact) mass is 457 g/mol. The molecule has 0 saturated carbocycles. The van der Waals surface area contributed by atoms with Crippen LogP contribution < -0.4 is 4.90 Å². The molecule has 1 fully saturated rings. The Morgan fingerprint density at radius 1 is 1.06 bits per heavy atom. The van der Waals surface area contributed by atoms with Crippen molar-refractivity contribution in [3.05, 3.63) is 63.7 Å². The lowest BCUT2D eigenvalue weighted by Crippen LogP contribution is -2.48. The molecule has 1 aliphatic rings. The van der Waals surface area contributed by atoms with Crippen LogP contribution >= 0.6 is 0 Å². The highest BCUT2D eigenvalue weighted by Gasteiger charge is 2.35. The standard InChI is InChI=1S/C19H18F3N3O5S/c1-13(26)14-3-2-4-16(11-14)31(29,30)24-9-7-23(8-10-24)17-6-5-15(19(20,21)22)12-18(17)25(27)28/h2-6,11-12H,7-10H2,1H3. The predicted octanol–water partition coefficient (Wildman–Crippen LogP) is 3.33. The topological polar surface area (TPSA) is 101 Å².